The first kappa shape index (κ1) is 19.0. The Kier molecular flexibility index (Phi) is 6.19. The molecule has 5 nitrogen and oxygen atoms in total. The maximum absolute atomic E-state index is 12.0. The van der Waals surface area contributed by atoms with E-state index in [0.717, 1.165) is 5.56 Å². The number of carboxylic acid groups (broad SMARTS) is 1. The molecule has 23 heavy (non-hydrogen) atoms. The van der Waals surface area contributed by atoms with Gasteiger partial charge in [-0.3, -0.25) is 4.79 Å². The summed E-state index contributed by atoms with van der Waals surface area (Å²) in [5.41, 5.74) is -0.0256. The minimum atomic E-state index is -1.15. The summed E-state index contributed by atoms with van der Waals surface area (Å²) in [7, 11) is 0. The Morgan fingerprint density at radius 1 is 1.17 bits per heavy atom. The van der Waals surface area contributed by atoms with E-state index in [0.29, 0.717) is 18.4 Å². The number of carboxylic acids is 1. The largest absolute Gasteiger partial charge is 0.481 e. The minimum absolute atomic E-state index is 0.00581. The van der Waals surface area contributed by atoms with Crippen LogP contribution in [0.2, 0.25) is 0 Å². The maximum Gasteiger partial charge on any atom is 0.407 e. The summed E-state index contributed by atoms with van der Waals surface area (Å²) in [6.45, 7) is 9.17. The topological polar surface area (TPSA) is 75.6 Å². The van der Waals surface area contributed by atoms with Crippen LogP contribution in [-0.2, 0) is 14.9 Å². The van der Waals surface area contributed by atoms with Gasteiger partial charge >= 0.3 is 12.1 Å². The zero-order chi connectivity index (χ0) is 17.7. The van der Waals surface area contributed by atoms with Crippen molar-refractivity contribution in [2.75, 3.05) is 6.54 Å². The van der Waals surface area contributed by atoms with Gasteiger partial charge in [-0.2, -0.15) is 0 Å². The monoisotopic (exact) mass is 321 g/mol. The molecule has 0 aliphatic heterocycles. The molecule has 1 aromatic rings. The molecule has 0 saturated heterocycles. The first-order valence-corrected chi connectivity index (χ1v) is 7.88. The lowest BCUT2D eigenvalue weighted by molar-refractivity contribution is -0.144. The summed E-state index contributed by atoms with van der Waals surface area (Å²) in [6, 6.07) is 7.40. The number of aliphatic carboxylic acids is 1. The fraction of sp³-hybridized carbons (Fsp3) is 0.556. The van der Waals surface area contributed by atoms with Crippen molar-refractivity contribution >= 4 is 12.1 Å². The average Bonchev–Trinajstić information content (AvgIpc) is 2.42. The zero-order valence-electron chi connectivity index (χ0n) is 14.6. The molecule has 0 aliphatic carbocycles. The fourth-order valence-corrected chi connectivity index (χ4v) is 2.48. The van der Waals surface area contributed by atoms with Crippen LogP contribution in [0.4, 0.5) is 4.79 Å². The molecule has 1 amide bonds. The molecule has 1 unspecified atom stereocenters. The van der Waals surface area contributed by atoms with Crippen molar-refractivity contribution in [1.82, 2.24) is 5.32 Å². The normalized spacial score (nSPS) is 14.0. The molecule has 0 saturated carbocycles. The molecule has 0 radical (unpaired) electrons. The number of hydrogen-bond acceptors (Lipinski definition) is 3. The molecule has 1 rings (SSSR count). The summed E-state index contributed by atoms with van der Waals surface area (Å²) < 4.78 is 5.20. The van der Waals surface area contributed by atoms with Crippen LogP contribution in [0.3, 0.4) is 0 Å². The van der Waals surface area contributed by atoms with Gasteiger partial charge in [0.2, 0.25) is 0 Å². The number of nitrogens with one attached hydrogen (secondary N) is 1. The number of carbonyl (C=O) groups is 2. The summed E-state index contributed by atoms with van der Waals surface area (Å²) in [5.74, 6) is -0.945. The molecule has 0 bridgehead atoms. The van der Waals surface area contributed by atoms with E-state index >= 15 is 0 Å². The predicted molar refractivity (Wildman–Crippen MR) is 89.6 cm³/mol. The van der Waals surface area contributed by atoms with Crippen LogP contribution < -0.4 is 5.32 Å². The molecule has 1 atom stereocenters. The van der Waals surface area contributed by atoms with E-state index < -0.39 is 23.1 Å². The maximum atomic E-state index is 12.0. The van der Waals surface area contributed by atoms with Gasteiger partial charge in [-0.05, 0) is 39.7 Å². The Bertz CT molecular complexity index is 545. The van der Waals surface area contributed by atoms with Gasteiger partial charge in [0.1, 0.15) is 11.0 Å². The summed E-state index contributed by atoms with van der Waals surface area (Å²) in [5, 5.41) is 12.4. The van der Waals surface area contributed by atoms with E-state index in [9.17, 15) is 14.7 Å². The van der Waals surface area contributed by atoms with E-state index in [4.69, 9.17) is 4.74 Å². The molecular weight excluding hydrogens is 294 g/mol. The molecule has 0 aromatic heterocycles. The highest BCUT2D eigenvalue weighted by atomic mass is 16.6. The Labute approximate surface area is 138 Å². The third kappa shape index (κ3) is 5.27. The van der Waals surface area contributed by atoms with Crippen molar-refractivity contribution in [3.63, 3.8) is 0 Å². The van der Waals surface area contributed by atoms with Crippen molar-refractivity contribution in [2.24, 2.45) is 0 Å². The van der Waals surface area contributed by atoms with Crippen LogP contribution in [0.15, 0.2) is 24.3 Å². The summed E-state index contributed by atoms with van der Waals surface area (Å²) >= 11 is 0. The van der Waals surface area contributed by atoms with Gasteiger partial charge in [0.05, 0.1) is 0 Å². The van der Waals surface area contributed by atoms with Crippen LogP contribution in [-0.4, -0.2) is 29.3 Å². The average molecular weight is 321 g/mol. The first-order chi connectivity index (χ1) is 10.6. The van der Waals surface area contributed by atoms with Gasteiger partial charge in [-0.1, -0.05) is 43.2 Å². The van der Waals surface area contributed by atoms with Gasteiger partial charge in [-0.25, -0.2) is 4.79 Å². The highest BCUT2D eigenvalue weighted by molar-refractivity contribution is 5.82. The van der Waals surface area contributed by atoms with Crippen molar-refractivity contribution in [1.29, 1.82) is 0 Å². The van der Waals surface area contributed by atoms with E-state index in [1.165, 1.54) is 0 Å². The molecule has 5 heteroatoms. The number of amides is 1. The number of benzene rings is 1. The zero-order valence-corrected chi connectivity index (χ0v) is 14.6. The standard InChI is InChI=1S/C18H27NO4/c1-6-11-18(15(20)21,14-9-7-13(2)8-10-14)12-19-16(22)23-17(3,4)5/h7-10H,6,11-12H2,1-5H3,(H,19,22)(H,20,21). The predicted octanol–water partition coefficient (Wildman–Crippen LogP) is 3.64. The second kappa shape index (κ2) is 7.49. The van der Waals surface area contributed by atoms with Crippen LogP contribution in [0.25, 0.3) is 0 Å². The van der Waals surface area contributed by atoms with Crippen molar-refractivity contribution in [3.05, 3.63) is 35.4 Å². The van der Waals surface area contributed by atoms with Crippen LogP contribution in [0, 0.1) is 6.92 Å². The van der Waals surface area contributed by atoms with Crippen LogP contribution in [0.1, 0.15) is 51.7 Å². The molecular formula is C18H27NO4. The fourth-order valence-electron chi connectivity index (χ4n) is 2.48. The van der Waals surface area contributed by atoms with Crippen molar-refractivity contribution < 1.29 is 19.4 Å². The van der Waals surface area contributed by atoms with Gasteiger partial charge in [0.15, 0.2) is 0 Å². The first-order valence-electron chi connectivity index (χ1n) is 7.88. The molecule has 0 spiro atoms. The Morgan fingerprint density at radius 2 is 1.74 bits per heavy atom. The molecule has 2 N–H and O–H groups in total. The number of ether oxygens (including phenoxy) is 1. The Hall–Kier alpha value is -2.04. The van der Waals surface area contributed by atoms with E-state index in [1.54, 1.807) is 20.8 Å². The van der Waals surface area contributed by atoms with Gasteiger partial charge in [-0.15, -0.1) is 0 Å². The van der Waals surface area contributed by atoms with Crippen molar-refractivity contribution in [3.8, 4) is 0 Å². The van der Waals surface area contributed by atoms with Crippen LogP contribution >= 0.6 is 0 Å². The molecule has 128 valence electrons. The Morgan fingerprint density at radius 3 is 2.17 bits per heavy atom. The van der Waals surface area contributed by atoms with Gasteiger partial charge < -0.3 is 15.2 Å². The van der Waals surface area contributed by atoms with E-state index in [2.05, 4.69) is 5.32 Å². The smallest absolute Gasteiger partial charge is 0.407 e. The second-order valence-corrected chi connectivity index (χ2v) is 6.86. The lowest BCUT2D eigenvalue weighted by Crippen LogP contribution is -2.47. The SMILES string of the molecule is CCCC(CNC(=O)OC(C)(C)C)(C(=O)O)c1ccc(C)cc1. The molecule has 0 aliphatic rings. The lowest BCUT2D eigenvalue weighted by Gasteiger charge is -2.30. The highest BCUT2D eigenvalue weighted by Crippen LogP contribution is 2.30. The van der Waals surface area contributed by atoms with Crippen LogP contribution in [0.5, 0.6) is 0 Å². The number of carbonyl (C=O) groups excluding carboxylic acids is 1. The molecule has 0 fully saturated rings. The third-order valence-corrected chi connectivity index (χ3v) is 3.62. The van der Waals surface area contributed by atoms with Crippen molar-refractivity contribution in [2.45, 2.75) is 58.5 Å². The lowest BCUT2D eigenvalue weighted by atomic mass is 9.76. The number of alkyl carbamates (subject to hydrolysis) is 1. The summed E-state index contributed by atoms with van der Waals surface area (Å²) in [6.07, 6.45) is 0.517. The number of aryl methyl sites for hydroxylation is 1. The molecule has 0 heterocycles. The van der Waals surface area contributed by atoms with Gasteiger partial charge in [0, 0.05) is 6.54 Å². The highest BCUT2D eigenvalue weighted by Gasteiger charge is 2.40. The summed E-state index contributed by atoms with van der Waals surface area (Å²) in [4.78, 5) is 23.9. The van der Waals surface area contributed by atoms with E-state index in [-0.39, 0.29) is 6.54 Å². The number of hydrogen-bond donors (Lipinski definition) is 2. The molecule has 1 aromatic carbocycles. The number of rotatable bonds is 6. The van der Waals surface area contributed by atoms with Gasteiger partial charge in [0.25, 0.3) is 0 Å². The quantitative estimate of drug-likeness (QED) is 0.838. The minimum Gasteiger partial charge on any atom is -0.481 e. The van der Waals surface area contributed by atoms with E-state index in [1.807, 2.05) is 38.1 Å². The Balaban J connectivity index is 3.03. The second-order valence-electron chi connectivity index (χ2n) is 6.86. The third-order valence-electron chi connectivity index (χ3n) is 3.62.